The topological polar surface area (TPSA) is 14.8 Å². The highest BCUT2D eigenvalue weighted by atomic mass is 15.0. The van der Waals surface area contributed by atoms with Crippen LogP contribution in [0.2, 0.25) is 0 Å². The van der Waals surface area contributed by atoms with E-state index in [-0.39, 0.29) is 0 Å². The van der Waals surface area contributed by atoms with Crippen LogP contribution in [0.4, 0.5) is 0 Å². The smallest absolute Gasteiger partial charge is 0.0541 e. The number of rotatable bonds is 5. The van der Waals surface area contributed by atoms with Crippen LogP contribution in [0.15, 0.2) is 194 Å². The van der Waals surface area contributed by atoms with E-state index < -0.39 is 0 Å². The maximum atomic E-state index is 2.46. The van der Waals surface area contributed by atoms with Crippen molar-refractivity contribution in [3.8, 4) is 39.3 Å². The molecule has 0 spiro atoms. The van der Waals surface area contributed by atoms with Crippen molar-refractivity contribution in [2.45, 2.75) is 20.8 Å². The highest BCUT2D eigenvalue weighted by Gasteiger charge is 2.19. The van der Waals surface area contributed by atoms with E-state index in [1.807, 2.05) is 0 Å². The summed E-state index contributed by atoms with van der Waals surface area (Å²) in [7, 11) is 0. The third-order valence-corrected chi connectivity index (χ3v) is 12.6. The lowest BCUT2D eigenvalue weighted by molar-refractivity contribution is 1.17. The Morgan fingerprint density at radius 2 is 0.733 bits per heavy atom. The van der Waals surface area contributed by atoms with Crippen LogP contribution >= 0.6 is 0 Å². The number of para-hydroxylation sites is 3. The molecule has 0 unspecified atom stereocenters. The van der Waals surface area contributed by atoms with E-state index in [9.17, 15) is 0 Å². The predicted octanol–water partition coefficient (Wildman–Crippen LogP) is 15.2. The monoisotopic (exact) mass is 767 g/mol. The fourth-order valence-electron chi connectivity index (χ4n) is 9.79. The second-order valence-corrected chi connectivity index (χ2v) is 16.4. The SMILES string of the molecule is Cc1ccc(-n2c3ccccc3c3cc(-c4ccc5c(c4)c4ccccc4n5-c4ccccc4-c4cccc(-n5c6ccc(C)cc6c6cc(C)ccc65)c4)ccc32)cc1. The molecule has 0 radical (unpaired) electrons. The summed E-state index contributed by atoms with van der Waals surface area (Å²) in [5.41, 5.74) is 19.3. The lowest BCUT2D eigenvalue weighted by atomic mass is 10.0. The minimum Gasteiger partial charge on any atom is -0.309 e. The van der Waals surface area contributed by atoms with Crippen LogP contribution in [-0.2, 0) is 0 Å². The summed E-state index contributed by atoms with van der Waals surface area (Å²) >= 11 is 0. The molecule has 284 valence electrons. The van der Waals surface area contributed by atoms with Gasteiger partial charge in [0.05, 0.1) is 38.8 Å². The lowest BCUT2D eigenvalue weighted by Crippen LogP contribution is -1.98. The van der Waals surface area contributed by atoms with Gasteiger partial charge in [-0.05, 0) is 128 Å². The molecule has 0 N–H and O–H groups in total. The fourth-order valence-corrected chi connectivity index (χ4v) is 9.79. The molecule has 0 aliphatic carbocycles. The predicted molar refractivity (Wildman–Crippen MR) is 255 cm³/mol. The zero-order valence-corrected chi connectivity index (χ0v) is 33.8. The van der Waals surface area contributed by atoms with Gasteiger partial charge in [0.2, 0.25) is 0 Å². The molecule has 3 aromatic heterocycles. The Morgan fingerprint density at radius 1 is 0.267 bits per heavy atom. The second kappa shape index (κ2) is 13.2. The number of aromatic nitrogens is 3. The van der Waals surface area contributed by atoms with Crippen molar-refractivity contribution in [1.82, 2.24) is 13.7 Å². The quantitative estimate of drug-likeness (QED) is 0.166. The molecule has 0 saturated heterocycles. The minimum absolute atomic E-state index is 1.15. The largest absolute Gasteiger partial charge is 0.309 e. The molecule has 3 heteroatoms. The van der Waals surface area contributed by atoms with E-state index in [0.29, 0.717) is 0 Å². The van der Waals surface area contributed by atoms with Gasteiger partial charge in [0, 0.05) is 49.3 Å². The maximum Gasteiger partial charge on any atom is 0.0541 e. The van der Waals surface area contributed by atoms with Crippen molar-refractivity contribution in [3.63, 3.8) is 0 Å². The maximum absolute atomic E-state index is 2.46. The van der Waals surface area contributed by atoms with Crippen molar-refractivity contribution in [3.05, 3.63) is 211 Å². The van der Waals surface area contributed by atoms with Crippen LogP contribution in [0.5, 0.6) is 0 Å². The molecule has 12 aromatic rings. The summed E-state index contributed by atoms with van der Waals surface area (Å²) in [6, 6.07) is 72.0. The first-order valence-electron chi connectivity index (χ1n) is 20.8. The average molecular weight is 768 g/mol. The Kier molecular flexibility index (Phi) is 7.58. The molecule has 9 aromatic carbocycles. The number of hydrogen-bond donors (Lipinski definition) is 0. The van der Waals surface area contributed by atoms with Crippen LogP contribution in [0.25, 0.3) is 105 Å². The Hall–Kier alpha value is -7.62. The molecular formula is C57H41N3. The molecule has 3 nitrogen and oxygen atoms in total. The van der Waals surface area contributed by atoms with Crippen molar-refractivity contribution < 1.29 is 0 Å². The molecule has 0 saturated carbocycles. The summed E-state index contributed by atoms with van der Waals surface area (Å²) in [6.45, 7) is 6.50. The number of benzene rings is 9. The van der Waals surface area contributed by atoms with Gasteiger partial charge in [-0.2, -0.15) is 0 Å². The van der Waals surface area contributed by atoms with Crippen LogP contribution in [0.3, 0.4) is 0 Å². The summed E-state index contributed by atoms with van der Waals surface area (Å²) in [5, 5.41) is 7.58. The average Bonchev–Trinajstić information content (AvgIpc) is 3.91. The second-order valence-electron chi connectivity index (χ2n) is 16.4. The van der Waals surface area contributed by atoms with Crippen LogP contribution in [0.1, 0.15) is 16.7 Å². The Morgan fingerprint density at radius 3 is 1.37 bits per heavy atom. The zero-order valence-electron chi connectivity index (χ0n) is 33.8. The van der Waals surface area contributed by atoms with Crippen molar-refractivity contribution in [2.24, 2.45) is 0 Å². The molecule has 0 aliphatic heterocycles. The summed E-state index contributed by atoms with van der Waals surface area (Å²) in [4.78, 5) is 0. The Labute approximate surface area is 348 Å². The fraction of sp³-hybridized carbons (Fsp3) is 0.0526. The summed E-state index contributed by atoms with van der Waals surface area (Å²) in [5.74, 6) is 0. The first kappa shape index (κ1) is 34.4. The van der Waals surface area contributed by atoms with Crippen LogP contribution in [0, 0.1) is 20.8 Å². The first-order chi connectivity index (χ1) is 29.5. The molecular weight excluding hydrogens is 727 g/mol. The van der Waals surface area contributed by atoms with E-state index in [1.165, 1.54) is 110 Å². The van der Waals surface area contributed by atoms with Gasteiger partial charge >= 0.3 is 0 Å². The van der Waals surface area contributed by atoms with Crippen LogP contribution < -0.4 is 0 Å². The first-order valence-corrected chi connectivity index (χ1v) is 20.8. The van der Waals surface area contributed by atoms with Crippen molar-refractivity contribution in [1.29, 1.82) is 0 Å². The zero-order chi connectivity index (χ0) is 40.1. The van der Waals surface area contributed by atoms with Gasteiger partial charge in [-0.15, -0.1) is 0 Å². The molecule has 0 amide bonds. The van der Waals surface area contributed by atoms with Gasteiger partial charge < -0.3 is 13.7 Å². The highest BCUT2D eigenvalue weighted by molar-refractivity contribution is 6.13. The number of nitrogens with zero attached hydrogens (tertiary/aromatic N) is 3. The van der Waals surface area contributed by atoms with Crippen molar-refractivity contribution in [2.75, 3.05) is 0 Å². The van der Waals surface area contributed by atoms with E-state index in [1.54, 1.807) is 0 Å². The van der Waals surface area contributed by atoms with Crippen molar-refractivity contribution >= 4 is 65.4 Å². The standard InChI is InChI=1S/C57H41N3/c1-36-19-25-42(26-20-36)58-52-17-8-5-14-45(52)49-34-39(23-29-56(49)58)40-24-30-57-50(35-40)46-15-6-9-18-53(46)60(57)51-16-7-4-13-44(51)41-11-10-12-43(33-41)59-54-27-21-37(2)31-47(54)48-32-38(3)22-28-55(48)59/h4-35H,1-3H3. The molecule has 3 heterocycles. The molecule has 60 heavy (non-hydrogen) atoms. The van der Waals surface area contributed by atoms with Gasteiger partial charge in [-0.3, -0.25) is 0 Å². The molecule has 0 aliphatic rings. The number of fused-ring (bicyclic) bond motifs is 9. The van der Waals surface area contributed by atoms with Gasteiger partial charge in [0.1, 0.15) is 0 Å². The minimum atomic E-state index is 1.15. The van der Waals surface area contributed by atoms with E-state index in [4.69, 9.17) is 0 Å². The summed E-state index contributed by atoms with van der Waals surface area (Å²) in [6.07, 6.45) is 0. The summed E-state index contributed by atoms with van der Waals surface area (Å²) < 4.78 is 7.28. The van der Waals surface area contributed by atoms with Gasteiger partial charge in [-0.25, -0.2) is 0 Å². The lowest BCUT2D eigenvalue weighted by Gasteiger charge is -2.16. The third-order valence-electron chi connectivity index (χ3n) is 12.6. The molecule has 0 fully saturated rings. The van der Waals surface area contributed by atoms with Gasteiger partial charge in [0.15, 0.2) is 0 Å². The van der Waals surface area contributed by atoms with Crippen LogP contribution in [-0.4, -0.2) is 13.7 Å². The molecule has 12 rings (SSSR count). The van der Waals surface area contributed by atoms with E-state index in [2.05, 4.69) is 229 Å². The van der Waals surface area contributed by atoms with E-state index in [0.717, 1.165) is 11.4 Å². The molecule has 0 bridgehead atoms. The molecule has 0 atom stereocenters. The number of hydrogen-bond acceptors (Lipinski definition) is 0. The van der Waals surface area contributed by atoms with E-state index >= 15 is 0 Å². The Balaban J connectivity index is 1.01. The van der Waals surface area contributed by atoms with Gasteiger partial charge in [-0.1, -0.05) is 120 Å². The van der Waals surface area contributed by atoms with Gasteiger partial charge in [0.25, 0.3) is 0 Å². The Bertz CT molecular complexity index is 3620. The highest BCUT2D eigenvalue weighted by Crippen LogP contribution is 2.41. The number of aryl methyl sites for hydroxylation is 3. The third kappa shape index (κ3) is 5.22. The normalized spacial score (nSPS) is 11.9.